The van der Waals surface area contributed by atoms with E-state index in [0.29, 0.717) is 0 Å². The van der Waals surface area contributed by atoms with E-state index in [2.05, 4.69) is 11.4 Å². The van der Waals surface area contributed by atoms with Crippen molar-refractivity contribution in [2.45, 2.75) is 12.8 Å². The normalized spacial score (nSPS) is 14.0. The molecule has 1 aromatic carbocycles. The van der Waals surface area contributed by atoms with Gasteiger partial charge >= 0.3 is 6.03 Å². The maximum atomic E-state index is 11.5. The van der Waals surface area contributed by atoms with Gasteiger partial charge in [-0.05, 0) is 24.5 Å². The highest BCUT2D eigenvalue weighted by atomic mass is 16.2. The number of primary amides is 1. The monoisotopic (exact) mass is 233 g/mol. The molecule has 0 aromatic heterocycles. The fraction of sp³-hybridized carbons (Fsp3) is 0.333. The zero-order valence-electron chi connectivity index (χ0n) is 9.48. The van der Waals surface area contributed by atoms with E-state index in [0.717, 1.165) is 25.1 Å². The Balaban J connectivity index is 2.08. The number of para-hydroxylation sites is 1. The van der Waals surface area contributed by atoms with E-state index in [1.165, 1.54) is 5.56 Å². The number of fused-ring (bicyclic) bond motifs is 1. The third kappa shape index (κ3) is 2.75. The van der Waals surface area contributed by atoms with Gasteiger partial charge in [-0.1, -0.05) is 18.2 Å². The summed E-state index contributed by atoms with van der Waals surface area (Å²) in [6.07, 6.45) is 2.05. The van der Waals surface area contributed by atoms with E-state index >= 15 is 0 Å². The summed E-state index contributed by atoms with van der Waals surface area (Å²) in [5.41, 5.74) is 7.21. The van der Waals surface area contributed by atoms with Crippen LogP contribution in [-0.4, -0.2) is 25.0 Å². The predicted octanol–water partition coefficient (Wildman–Crippen LogP) is 0.634. The van der Waals surface area contributed by atoms with Gasteiger partial charge in [0.2, 0.25) is 5.91 Å². The number of nitrogens with zero attached hydrogens (tertiary/aromatic N) is 1. The van der Waals surface area contributed by atoms with Crippen LogP contribution in [-0.2, 0) is 11.2 Å². The van der Waals surface area contributed by atoms with Gasteiger partial charge < -0.3 is 10.6 Å². The number of amides is 3. The molecule has 0 spiro atoms. The highest BCUT2D eigenvalue weighted by Crippen LogP contribution is 2.25. The summed E-state index contributed by atoms with van der Waals surface area (Å²) < 4.78 is 0. The molecule has 5 heteroatoms. The molecule has 0 radical (unpaired) electrons. The minimum absolute atomic E-state index is 0.167. The summed E-state index contributed by atoms with van der Waals surface area (Å²) in [6, 6.07) is 7.19. The van der Waals surface area contributed by atoms with Crippen LogP contribution >= 0.6 is 0 Å². The Kier molecular flexibility index (Phi) is 3.27. The Bertz CT molecular complexity index is 445. The Morgan fingerprint density at radius 2 is 2.12 bits per heavy atom. The molecule has 90 valence electrons. The van der Waals surface area contributed by atoms with Crippen molar-refractivity contribution in [1.29, 1.82) is 0 Å². The zero-order valence-corrected chi connectivity index (χ0v) is 9.48. The first-order chi connectivity index (χ1) is 8.16. The third-order valence-corrected chi connectivity index (χ3v) is 2.80. The van der Waals surface area contributed by atoms with Crippen LogP contribution < -0.4 is 16.0 Å². The minimum atomic E-state index is -0.805. The van der Waals surface area contributed by atoms with Gasteiger partial charge in [0, 0.05) is 12.2 Å². The van der Waals surface area contributed by atoms with Crippen molar-refractivity contribution >= 4 is 17.6 Å². The molecule has 0 aliphatic carbocycles. The number of hydrogen-bond acceptors (Lipinski definition) is 3. The van der Waals surface area contributed by atoms with Crippen LogP contribution in [0.2, 0.25) is 0 Å². The molecule has 1 aliphatic rings. The van der Waals surface area contributed by atoms with Crippen molar-refractivity contribution in [2.24, 2.45) is 5.73 Å². The summed E-state index contributed by atoms with van der Waals surface area (Å²) in [7, 11) is 0. The Morgan fingerprint density at radius 1 is 1.35 bits per heavy atom. The van der Waals surface area contributed by atoms with Crippen molar-refractivity contribution in [1.82, 2.24) is 5.32 Å². The number of anilines is 1. The topological polar surface area (TPSA) is 75.4 Å². The first kappa shape index (κ1) is 11.4. The van der Waals surface area contributed by atoms with Gasteiger partial charge in [0.25, 0.3) is 0 Å². The fourth-order valence-electron chi connectivity index (χ4n) is 2.13. The number of rotatable bonds is 2. The molecule has 1 aliphatic heterocycles. The molecule has 3 amide bonds. The molecule has 3 N–H and O–H groups in total. The quantitative estimate of drug-likeness (QED) is 0.786. The highest BCUT2D eigenvalue weighted by Gasteiger charge is 2.18. The first-order valence-corrected chi connectivity index (χ1v) is 5.59. The number of carbonyl (C=O) groups is 2. The van der Waals surface area contributed by atoms with Gasteiger partial charge in [0.15, 0.2) is 0 Å². The number of urea groups is 1. The Morgan fingerprint density at radius 3 is 2.88 bits per heavy atom. The lowest BCUT2D eigenvalue weighted by Gasteiger charge is -2.30. The van der Waals surface area contributed by atoms with E-state index in [1.807, 2.05) is 23.1 Å². The lowest BCUT2D eigenvalue weighted by Crippen LogP contribution is -2.43. The number of hydrogen-bond donors (Lipinski definition) is 2. The number of benzene rings is 1. The first-order valence-electron chi connectivity index (χ1n) is 5.59. The Hall–Kier alpha value is -2.04. The molecule has 0 bridgehead atoms. The van der Waals surface area contributed by atoms with Crippen LogP contribution in [0.25, 0.3) is 0 Å². The van der Waals surface area contributed by atoms with Crippen molar-refractivity contribution in [2.75, 3.05) is 18.0 Å². The molecule has 1 heterocycles. The van der Waals surface area contributed by atoms with Crippen LogP contribution in [0.15, 0.2) is 24.3 Å². The summed E-state index contributed by atoms with van der Waals surface area (Å²) in [5, 5.41) is 2.08. The highest BCUT2D eigenvalue weighted by molar-refractivity contribution is 5.95. The van der Waals surface area contributed by atoms with Crippen LogP contribution in [0.4, 0.5) is 10.5 Å². The van der Waals surface area contributed by atoms with E-state index in [4.69, 9.17) is 5.73 Å². The lowest BCUT2D eigenvalue weighted by molar-refractivity contribution is -0.118. The molecular formula is C12H15N3O2. The minimum Gasteiger partial charge on any atom is -0.362 e. The van der Waals surface area contributed by atoms with Gasteiger partial charge in [-0.15, -0.1) is 0 Å². The van der Waals surface area contributed by atoms with Gasteiger partial charge in [-0.3, -0.25) is 10.1 Å². The molecule has 0 saturated carbocycles. The van der Waals surface area contributed by atoms with Gasteiger partial charge in [0.05, 0.1) is 6.54 Å². The van der Waals surface area contributed by atoms with Crippen LogP contribution in [0.5, 0.6) is 0 Å². The van der Waals surface area contributed by atoms with E-state index in [9.17, 15) is 9.59 Å². The lowest BCUT2D eigenvalue weighted by atomic mass is 10.0. The van der Waals surface area contributed by atoms with Crippen molar-refractivity contribution < 1.29 is 9.59 Å². The second-order valence-electron chi connectivity index (χ2n) is 4.07. The molecule has 5 nitrogen and oxygen atoms in total. The summed E-state index contributed by atoms with van der Waals surface area (Å²) >= 11 is 0. The number of imide groups is 1. The van der Waals surface area contributed by atoms with Crippen molar-refractivity contribution in [3.05, 3.63) is 29.8 Å². The average Bonchev–Trinajstić information content (AvgIpc) is 2.28. The molecule has 17 heavy (non-hydrogen) atoms. The maximum Gasteiger partial charge on any atom is 0.318 e. The van der Waals surface area contributed by atoms with E-state index in [-0.39, 0.29) is 12.5 Å². The standard InChI is InChI=1S/C12H15N3O2/c13-12(17)14-11(16)8-15-7-3-5-9-4-1-2-6-10(9)15/h1-2,4,6H,3,5,7-8H2,(H3,13,14,16,17). The summed E-state index contributed by atoms with van der Waals surface area (Å²) in [5.74, 6) is -0.366. The smallest absolute Gasteiger partial charge is 0.318 e. The number of nitrogens with one attached hydrogen (secondary N) is 1. The summed E-state index contributed by atoms with van der Waals surface area (Å²) in [4.78, 5) is 24.0. The van der Waals surface area contributed by atoms with Crippen LogP contribution in [0.1, 0.15) is 12.0 Å². The van der Waals surface area contributed by atoms with Gasteiger partial charge in [-0.2, -0.15) is 0 Å². The summed E-state index contributed by atoms with van der Waals surface area (Å²) in [6.45, 7) is 0.989. The van der Waals surface area contributed by atoms with E-state index in [1.54, 1.807) is 0 Å². The molecule has 0 atom stereocenters. The maximum absolute atomic E-state index is 11.5. The fourth-order valence-corrected chi connectivity index (χ4v) is 2.13. The predicted molar refractivity (Wildman–Crippen MR) is 64.7 cm³/mol. The molecule has 0 saturated heterocycles. The van der Waals surface area contributed by atoms with Gasteiger partial charge in [0.1, 0.15) is 0 Å². The molecule has 2 rings (SSSR count). The molecule has 1 aromatic rings. The molecule has 0 unspecified atom stereocenters. The van der Waals surface area contributed by atoms with E-state index < -0.39 is 6.03 Å². The SMILES string of the molecule is NC(=O)NC(=O)CN1CCCc2ccccc21. The van der Waals surface area contributed by atoms with Crippen molar-refractivity contribution in [3.63, 3.8) is 0 Å². The molecule has 0 fully saturated rings. The Labute approximate surface area is 99.6 Å². The average molecular weight is 233 g/mol. The van der Waals surface area contributed by atoms with Crippen LogP contribution in [0.3, 0.4) is 0 Å². The number of aryl methyl sites for hydroxylation is 1. The zero-order chi connectivity index (χ0) is 12.3. The number of carbonyl (C=O) groups excluding carboxylic acids is 2. The number of nitrogens with two attached hydrogens (primary N) is 1. The second kappa shape index (κ2) is 4.86. The van der Waals surface area contributed by atoms with Crippen LogP contribution in [0, 0.1) is 0 Å². The third-order valence-electron chi connectivity index (χ3n) is 2.80. The van der Waals surface area contributed by atoms with Gasteiger partial charge in [-0.25, -0.2) is 4.79 Å². The second-order valence-corrected chi connectivity index (χ2v) is 4.07. The van der Waals surface area contributed by atoms with Crippen molar-refractivity contribution in [3.8, 4) is 0 Å². The largest absolute Gasteiger partial charge is 0.362 e. The molecular weight excluding hydrogens is 218 g/mol.